The summed E-state index contributed by atoms with van der Waals surface area (Å²) >= 11 is 0. The lowest BCUT2D eigenvalue weighted by Gasteiger charge is -2.28. The van der Waals surface area contributed by atoms with Crippen LogP contribution in [0.2, 0.25) is 0 Å². The standard InChI is InChI=1S/C44H55N11O13/c1-22(2)37(55-42(65)30(50-38(61)27(45)12-13-34(46)56)15-24-19-48-28-11-7-6-10-26(24)28)43(66)53-32(18-36(59)60)41(64)52-31(17-35(57)58)40(63)51-29(14-23-8-4-3-5-9-23)39(62)54-33(44(67)68)16-25-20-47-21-49-25/h3-11,19-22,27,29-33,37,48H,12-18,45H2,1-2H3,(H2,46,56)(H,47,49)(H,50,61)(H,51,63)(H,52,64)(H,53,66)(H,54,62)(H,55,65)(H,57,58)(H,59,60)(H,67,68). The summed E-state index contributed by atoms with van der Waals surface area (Å²) in [6, 6.07) is 4.17. The Kier molecular flexibility index (Phi) is 19.3. The van der Waals surface area contributed by atoms with Crippen molar-refractivity contribution in [3.8, 4) is 0 Å². The molecule has 0 saturated carbocycles. The average molecular weight is 946 g/mol. The van der Waals surface area contributed by atoms with Crippen molar-refractivity contribution < 1.29 is 63.3 Å². The number of H-pyrrole nitrogens is 2. The number of para-hydroxylation sites is 1. The van der Waals surface area contributed by atoms with Crippen molar-refractivity contribution in [3.63, 3.8) is 0 Å². The first kappa shape index (κ1) is 52.5. The molecule has 2 aromatic carbocycles. The number of carboxylic acid groups (broad SMARTS) is 3. The van der Waals surface area contributed by atoms with E-state index in [0.29, 0.717) is 16.8 Å². The number of primary amides is 1. The number of fused-ring (bicyclic) bond motifs is 1. The molecule has 0 bridgehead atoms. The number of aromatic nitrogens is 3. The fourth-order valence-electron chi connectivity index (χ4n) is 6.95. The molecule has 0 aliphatic carbocycles. The van der Waals surface area contributed by atoms with E-state index < -0.39 is 120 Å². The second kappa shape index (κ2) is 24.9. The number of carbonyl (C=O) groups excluding carboxylic acids is 7. The monoisotopic (exact) mass is 945 g/mol. The van der Waals surface area contributed by atoms with E-state index in [0.717, 1.165) is 10.9 Å². The zero-order valence-electron chi connectivity index (χ0n) is 37.0. The number of amides is 7. The Balaban J connectivity index is 1.55. The SMILES string of the molecule is CC(C)C(NC(=O)C(Cc1c[nH]c2ccccc12)NC(=O)C(N)CCC(N)=O)C(=O)NC(CC(=O)O)C(=O)NC(CC(=O)O)C(=O)NC(Cc1ccccc1)C(=O)NC(Cc1cnc[nH]1)C(=O)O. The molecule has 0 saturated heterocycles. The number of imidazole rings is 1. The second-order valence-corrected chi connectivity index (χ2v) is 16.2. The number of aromatic amines is 2. The lowest BCUT2D eigenvalue weighted by atomic mass is 9.99. The Labute approximate surface area is 388 Å². The van der Waals surface area contributed by atoms with Crippen molar-refractivity contribution in [1.29, 1.82) is 0 Å². The fraction of sp³-hybridized carbons (Fsp3) is 0.386. The molecule has 0 spiro atoms. The number of aliphatic carboxylic acids is 3. The van der Waals surface area contributed by atoms with Crippen LogP contribution in [0.1, 0.15) is 56.4 Å². The summed E-state index contributed by atoms with van der Waals surface area (Å²) in [6.45, 7) is 3.05. The Morgan fingerprint density at radius 2 is 1.15 bits per heavy atom. The topological polar surface area (TPSA) is 400 Å². The van der Waals surface area contributed by atoms with Crippen LogP contribution in [0.4, 0.5) is 0 Å². The minimum atomic E-state index is -1.98. The molecule has 4 aromatic rings. The quantitative estimate of drug-likeness (QED) is 0.0311. The minimum absolute atomic E-state index is 0.118. The Hall–Kier alpha value is -8.15. The van der Waals surface area contributed by atoms with E-state index in [2.05, 4.69) is 46.9 Å². The van der Waals surface area contributed by atoms with Crippen LogP contribution in [0, 0.1) is 5.92 Å². The molecule has 15 N–H and O–H groups in total. The van der Waals surface area contributed by atoms with E-state index in [1.807, 2.05) is 0 Å². The number of carbonyl (C=O) groups is 10. The second-order valence-electron chi connectivity index (χ2n) is 16.2. The Morgan fingerprint density at radius 3 is 1.72 bits per heavy atom. The first-order chi connectivity index (χ1) is 32.2. The molecule has 7 unspecified atom stereocenters. The normalized spacial score (nSPS) is 14.2. The number of nitrogens with one attached hydrogen (secondary N) is 8. The predicted octanol–water partition coefficient (Wildman–Crippen LogP) is -1.89. The van der Waals surface area contributed by atoms with Gasteiger partial charge in [0.15, 0.2) is 0 Å². The van der Waals surface area contributed by atoms with Crippen molar-refractivity contribution >= 4 is 70.2 Å². The summed E-state index contributed by atoms with van der Waals surface area (Å²) in [5.74, 6) is -12.4. The third-order valence-corrected chi connectivity index (χ3v) is 10.5. The maximum atomic E-state index is 14.0. The highest BCUT2D eigenvalue weighted by atomic mass is 16.4. The van der Waals surface area contributed by atoms with Gasteiger partial charge in [0.2, 0.25) is 41.4 Å². The van der Waals surface area contributed by atoms with E-state index in [4.69, 9.17) is 11.5 Å². The van der Waals surface area contributed by atoms with Gasteiger partial charge in [0.1, 0.15) is 36.3 Å². The van der Waals surface area contributed by atoms with Gasteiger partial charge in [-0.25, -0.2) is 9.78 Å². The number of nitrogens with zero attached hydrogens (tertiary/aromatic N) is 1. The molecule has 0 radical (unpaired) electrons. The van der Waals surface area contributed by atoms with Crippen molar-refractivity contribution in [2.24, 2.45) is 17.4 Å². The highest BCUT2D eigenvalue weighted by Gasteiger charge is 2.36. The van der Waals surface area contributed by atoms with Crippen molar-refractivity contribution in [1.82, 2.24) is 46.9 Å². The van der Waals surface area contributed by atoms with E-state index >= 15 is 0 Å². The van der Waals surface area contributed by atoms with Crippen LogP contribution >= 0.6 is 0 Å². The first-order valence-corrected chi connectivity index (χ1v) is 21.3. The molecule has 24 heteroatoms. The molecule has 364 valence electrons. The van der Waals surface area contributed by atoms with Gasteiger partial charge in [-0.2, -0.15) is 0 Å². The van der Waals surface area contributed by atoms with Crippen LogP contribution in [0.3, 0.4) is 0 Å². The summed E-state index contributed by atoms with van der Waals surface area (Å²) in [6.07, 6.45) is 1.18. The van der Waals surface area contributed by atoms with Crippen molar-refractivity contribution in [2.45, 2.75) is 101 Å². The van der Waals surface area contributed by atoms with E-state index in [1.165, 1.54) is 26.4 Å². The molecule has 0 aliphatic rings. The fourth-order valence-corrected chi connectivity index (χ4v) is 6.95. The summed E-state index contributed by atoms with van der Waals surface area (Å²) in [5.41, 5.74) is 13.4. The molecule has 68 heavy (non-hydrogen) atoms. The summed E-state index contributed by atoms with van der Waals surface area (Å²) in [5, 5.41) is 44.3. The van der Waals surface area contributed by atoms with Gasteiger partial charge in [-0.3, -0.25) is 43.2 Å². The third-order valence-electron chi connectivity index (χ3n) is 10.5. The van der Waals surface area contributed by atoms with Gasteiger partial charge in [0.05, 0.1) is 25.2 Å². The summed E-state index contributed by atoms with van der Waals surface area (Å²) in [7, 11) is 0. The predicted molar refractivity (Wildman–Crippen MR) is 239 cm³/mol. The highest BCUT2D eigenvalue weighted by molar-refractivity contribution is 5.99. The maximum Gasteiger partial charge on any atom is 0.326 e. The zero-order chi connectivity index (χ0) is 50.1. The zero-order valence-corrected chi connectivity index (χ0v) is 37.0. The first-order valence-electron chi connectivity index (χ1n) is 21.3. The van der Waals surface area contributed by atoms with E-state index in [9.17, 15) is 63.3 Å². The van der Waals surface area contributed by atoms with Gasteiger partial charge >= 0.3 is 17.9 Å². The lowest BCUT2D eigenvalue weighted by Crippen LogP contribution is -2.61. The number of rotatable bonds is 27. The largest absolute Gasteiger partial charge is 0.481 e. The molecule has 0 aliphatic heterocycles. The number of hydrogen-bond acceptors (Lipinski definition) is 12. The Morgan fingerprint density at radius 1 is 0.618 bits per heavy atom. The molecule has 2 aromatic heterocycles. The van der Waals surface area contributed by atoms with Crippen LogP contribution in [0.5, 0.6) is 0 Å². The van der Waals surface area contributed by atoms with Gasteiger partial charge in [0.25, 0.3) is 0 Å². The lowest BCUT2D eigenvalue weighted by molar-refractivity contribution is -0.144. The van der Waals surface area contributed by atoms with E-state index in [-0.39, 0.29) is 32.1 Å². The molecular weight excluding hydrogens is 891 g/mol. The average Bonchev–Trinajstić information content (AvgIpc) is 3.96. The maximum absolute atomic E-state index is 14.0. The Bertz CT molecular complexity index is 2440. The molecule has 2 heterocycles. The minimum Gasteiger partial charge on any atom is -0.481 e. The van der Waals surface area contributed by atoms with Gasteiger partial charge in [-0.15, -0.1) is 0 Å². The number of hydrogen-bond donors (Lipinski definition) is 13. The molecule has 24 nitrogen and oxygen atoms in total. The summed E-state index contributed by atoms with van der Waals surface area (Å²) in [4.78, 5) is 139. The van der Waals surface area contributed by atoms with Crippen molar-refractivity contribution in [2.75, 3.05) is 0 Å². The van der Waals surface area contributed by atoms with Gasteiger partial charge in [-0.05, 0) is 29.5 Å². The third kappa shape index (κ3) is 16.1. The number of carboxylic acids is 3. The van der Waals surface area contributed by atoms with Crippen molar-refractivity contribution in [3.05, 3.63) is 90.1 Å². The molecule has 4 rings (SSSR count). The van der Waals surface area contributed by atoms with Crippen LogP contribution < -0.4 is 43.4 Å². The van der Waals surface area contributed by atoms with Crippen LogP contribution in [0.25, 0.3) is 10.9 Å². The highest BCUT2D eigenvalue weighted by Crippen LogP contribution is 2.20. The van der Waals surface area contributed by atoms with E-state index in [1.54, 1.807) is 60.8 Å². The molecular formula is C44H55N11O13. The number of benzene rings is 2. The van der Waals surface area contributed by atoms with Crippen LogP contribution in [0.15, 0.2) is 73.3 Å². The van der Waals surface area contributed by atoms with Gasteiger partial charge in [0, 0.05) is 54.7 Å². The molecule has 7 atom stereocenters. The molecule has 0 fully saturated rings. The molecule has 7 amide bonds. The van der Waals surface area contributed by atoms with Crippen LogP contribution in [-0.2, 0) is 67.2 Å². The summed E-state index contributed by atoms with van der Waals surface area (Å²) < 4.78 is 0. The van der Waals surface area contributed by atoms with Gasteiger partial charge in [-0.1, -0.05) is 62.4 Å². The van der Waals surface area contributed by atoms with Gasteiger partial charge < -0.3 is 68.7 Å². The number of nitrogens with two attached hydrogens (primary N) is 2. The van der Waals surface area contributed by atoms with Crippen LogP contribution in [-0.4, -0.2) is 132 Å². The smallest absolute Gasteiger partial charge is 0.326 e.